The molecule has 0 bridgehead atoms. The van der Waals surface area contributed by atoms with Crippen LogP contribution in [0.25, 0.3) is 0 Å². The van der Waals surface area contributed by atoms with E-state index in [1.54, 1.807) is 31.2 Å². The summed E-state index contributed by atoms with van der Waals surface area (Å²) in [6.07, 6.45) is 6.80. The average Bonchev–Trinajstić information content (AvgIpc) is 2.73. The standard InChI is InChI=1S/C21H21O9P/c1-5-26-31(24,27-6-2)28-14-16-11-12-17(13-20(16)25-4)30-21(23)18-9-7-8-10-19(18)29-15(3)22/h1,7-13H,6,14H2,2-4H3. The van der Waals surface area contributed by atoms with Gasteiger partial charge in [-0.3, -0.25) is 13.8 Å². The maximum atomic E-state index is 12.5. The second-order valence-electron chi connectivity index (χ2n) is 5.80. The van der Waals surface area contributed by atoms with Gasteiger partial charge < -0.3 is 18.7 Å². The van der Waals surface area contributed by atoms with Gasteiger partial charge in [-0.15, -0.1) is 0 Å². The van der Waals surface area contributed by atoms with Gasteiger partial charge in [0.15, 0.2) is 0 Å². The Balaban J connectivity index is 2.17. The van der Waals surface area contributed by atoms with Crippen molar-refractivity contribution in [2.75, 3.05) is 13.7 Å². The first-order chi connectivity index (χ1) is 14.8. The summed E-state index contributed by atoms with van der Waals surface area (Å²) in [5.41, 5.74) is 0.552. The lowest BCUT2D eigenvalue weighted by molar-refractivity contribution is -0.131. The number of para-hydroxylation sites is 1. The Bertz CT molecular complexity index is 1030. The fourth-order valence-electron chi connectivity index (χ4n) is 2.41. The van der Waals surface area contributed by atoms with Crippen LogP contribution in [0.5, 0.6) is 17.2 Å². The van der Waals surface area contributed by atoms with E-state index < -0.39 is 19.8 Å². The Morgan fingerprint density at radius 3 is 2.45 bits per heavy atom. The van der Waals surface area contributed by atoms with Gasteiger partial charge in [-0.1, -0.05) is 18.6 Å². The van der Waals surface area contributed by atoms with Gasteiger partial charge in [0.05, 0.1) is 20.3 Å². The quantitative estimate of drug-likeness (QED) is 0.230. The number of hydrogen-bond acceptors (Lipinski definition) is 9. The van der Waals surface area contributed by atoms with Crippen molar-refractivity contribution < 1.29 is 41.9 Å². The predicted octanol–water partition coefficient (Wildman–Crippen LogP) is 4.11. The summed E-state index contributed by atoms with van der Waals surface area (Å²) in [5, 5.41) is 0. The first-order valence-corrected chi connectivity index (χ1v) is 10.5. The Kier molecular flexibility index (Phi) is 8.64. The lowest BCUT2D eigenvalue weighted by Gasteiger charge is -2.16. The van der Waals surface area contributed by atoms with Crippen LogP contribution in [0, 0.1) is 12.5 Å². The number of esters is 2. The van der Waals surface area contributed by atoms with Crippen molar-refractivity contribution in [1.29, 1.82) is 0 Å². The van der Waals surface area contributed by atoms with E-state index >= 15 is 0 Å². The minimum absolute atomic E-state index is 0.0692. The van der Waals surface area contributed by atoms with Crippen LogP contribution in [-0.2, 0) is 29.5 Å². The second-order valence-corrected chi connectivity index (χ2v) is 7.39. The van der Waals surface area contributed by atoms with Crippen LogP contribution in [0.15, 0.2) is 42.5 Å². The molecule has 0 aliphatic heterocycles. The number of carbonyl (C=O) groups excluding carboxylic acids is 2. The summed E-state index contributed by atoms with van der Waals surface area (Å²) >= 11 is 0. The van der Waals surface area contributed by atoms with Gasteiger partial charge in [0.2, 0.25) is 0 Å². The average molecular weight is 448 g/mol. The molecule has 2 rings (SSSR count). The molecule has 0 aliphatic rings. The second kappa shape index (κ2) is 11.2. The zero-order valence-electron chi connectivity index (χ0n) is 17.2. The number of phosphoric acid groups is 1. The molecular weight excluding hydrogens is 427 g/mol. The first-order valence-electron chi connectivity index (χ1n) is 9.01. The smallest absolute Gasteiger partial charge is 0.496 e. The van der Waals surface area contributed by atoms with E-state index in [1.807, 2.05) is 0 Å². The molecule has 1 unspecified atom stereocenters. The van der Waals surface area contributed by atoms with Crippen molar-refractivity contribution in [3.8, 4) is 29.8 Å². The molecule has 0 fully saturated rings. The Morgan fingerprint density at radius 1 is 1.06 bits per heavy atom. The molecule has 2 aromatic rings. The number of carbonyl (C=O) groups is 2. The van der Waals surface area contributed by atoms with Crippen molar-refractivity contribution in [2.45, 2.75) is 20.5 Å². The van der Waals surface area contributed by atoms with Gasteiger partial charge in [0.1, 0.15) is 28.9 Å². The van der Waals surface area contributed by atoms with E-state index in [0.717, 1.165) is 0 Å². The summed E-state index contributed by atoms with van der Waals surface area (Å²) in [7, 11) is -2.52. The summed E-state index contributed by atoms with van der Waals surface area (Å²) in [5.74, 6) is -0.758. The summed E-state index contributed by atoms with van der Waals surface area (Å²) < 4.78 is 42.8. The van der Waals surface area contributed by atoms with Gasteiger partial charge >= 0.3 is 19.8 Å². The van der Waals surface area contributed by atoms with Crippen LogP contribution in [-0.4, -0.2) is 25.7 Å². The molecule has 0 amide bonds. The first kappa shape index (κ1) is 24.0. The maximum Gasteiger partial charge on any atom is 0.538 e. The lowest BCUT2D eigenvalue weighted by Crippen LogP contribution is -2.12. The highest BCUT2D eigenvalue weighted by Gasteiger charge is 2.27. The zero-order chi connectivity index (χ0) is 22.9. The summed E-state index contributed by atoms with van der Waals surface area (Å²) in [6.45, 7) is 2.71. The molecule has 2 aromatic carbocycles. The number of rotatable bonds is 10. The van der Waals surface area contributed by atoms with E-state index in [0.29, 0.717) is 11.3 Å². The van der Waals surface area contributed by atoms with Gasteiger partial charge in [-0.05, 0) is 31.2 Å². The molecular formula is C21H21O9P. The van der Waals surface area contributed by atoms with E-state index in [9.17, 15) is 14.2 Å². The summed E-state index contributed by atoms with van der Waals surface area (Å²) in [4.78, 5) is 23.8. The van der Waals surface area contributed by atoms with Crippen LogP contribution in [0.2, 0.25) is 0 Å². The number of benzene rings is 2. The molecule has 0 spiro atoms. The number of phosphoric ester groups is 1. The van der Waals surface area contributed by atoms with Gasteiger partial charge in [0.25, 0.3) is 0 Å². The van der Waals surface area contributed by atoms with Crippen LogP contribution < -0.4 is 14.2 Å². The van der Waals surface area contributed by atoms with Crippen molar-refractivity contribution in [1.82, 2.24) is 0 Å². The maximum absolute atomic E-state index is 12.5. The largest absolute Gasteiger partial charge is 0.538 e. The normalized spacial score (nSPS) is 12.2. The molecule has 0 radical (unpaired) electrons. The minimum Gasteiger partial charge on any atom is -0.496 e. The molecule has 31 heavy (non-hydrogen) atoms. The van der Waals surface area contributed by atoms with Crippen molar-refractivity contribution in [2.24, 2.45) is 0 Å². The Hall–Kier alpha value is -3.31. The van der Waals surface area contributed by atoms with Crippen molar-refractivity contribution in [3.05, 3.63) is 53.6 Å². The lowest BCUT2D eigenvalue weighted by atomic mass is 10.2. The van der Waals surface area contributed by atoms with E-state index in [1.165, 1.54) is 38.3 Å². The SMILES string of the molecule is C#COP(=O)(OCC)OCc1ccc(OC(=O)c2ccccc2OC(C)=O)cc1OC. The zero-order valence-corrected chi connectivity index (χ0v) is 18.0. The number of hydrogen-bond donors (Lipinski definition) is 0. The van der Waals surface area contributed by atoms with Crippen LogP contribution in [0.3, 0.4) is 0 Å². The van der Waals surface area contributed by atoms with Gasteiger partial charge in [-0.2, -0.15) is 0 Å². The summed E-state index contributed by atoms with van der Waals surface area (Å²) in [6, 6.07) is 10.7. The van der Waals surface area contributed by atoms with Gasteiger partial charge in [-0.25, -0.2) is 9.36 Å². The Labute approximate surface area is 179 Å². The van der Waals surface area contributed by atoms with Crippen LogP contribution in [0.4, 0.5) is 0 Å². The minimum atomic E-state index is -3.93. The molecule has 0 N–H and O–H groups in total. The third kappa shape index (κ3) is 6.86. The number of methoxy groups -OCH3 is 1. The third-order valence-corrected chi connectivity index (χ3v) is 5.01. The molecule has 0 aliphatic carbocycles. The van der Waals surface area contributed by atoms with E-state index in [-0.39, 0.29) is 30.3 Å². The third-order valence-electron chi connectivity index (χ3n) is 3.66. The molecule has 164 valence electrons. The van der Waals surface area contributed by atoms with Crippen molar-refractivity contribution >= 4 is 19.8 Å². The number of terminal acetylenes is 1. The van der Waals surface area contributed by atoms with Crippen molar-refractivity contribution in [3.63, 3.8) is 0 Å². The van der Waals surface area contributed by atoms with E-state index in [2.05, 4.69) is 4.52 Å². The van der Waals surface area contributed by atoms with Crippen LogP contribution >= 0.6 is 7.82 Å². The monoisotopic (exact) mass is 448 g/mol. The highest BCUT2D eigenvalue weighted by Crippen LogP contribution is 2.50. The fourth-order valence-corrected chi connectivity index (χ4v) is 3.33. The highest BCUT2D eigenvalue weighted by atomic mass is 31.2. The molecule has 1 atom stereocenters. The topological polar surface area (TPSA) is 107 Å². The van der Waals surface area contributed by atoms with E-state index in [4.69, 9.17) is 29.7 Å². The fraction of sp³-hybridized carbons (Fsp3) is 0.238. The predicted molar refractivity (Wildman–Crippen MR) is 110 cm³/mol. The molecule has 0 heterocycles. The van der Waals surface area contributed by atoms with Crippen LogP contribution in [0.1, 0.15) is 29.8 Å². The molecule has 0 saturated heterocycles. The molecule has 0 saturated carbocycles. The number of ether oxygens (including phenoxy) is 3. The molecule has 9 nitrogen and oxygen atoms in total. The highest BCUT2D eigenvalue weighted by molar-refractivity contribution is 7.48. The molecule has 10 heteroatoms. The molecule has 0 aromatic heterocycles. The van der Waals surface area contributed by atoms with Gasteiger partial charge in [0, 0.05) is 18.6 Å². The Morgan fingerprint density at radius 2 is 1.81 bits per heavy atom.